The molecule has 1 aromatic heterocycles. The molecule has 0 bridgehead atoms. The Morgan fingerprint density at radius 2 is 2.07 bits per heavy atom. The highest BCUT2D eigenvalue weighted by molar-refractivity contribution is 6.30. The summed E-state index contributed by atoms with van der Waals surface area (Å²) in [6.45, 7) is 3.67. The number of nitrogens with one attached hydrogen (secondary N) is 1. The molecule has 1 N–H and O–H groups in total. The van der Waals surface area contributed by atoms with Crippen LogP contribution < -0.4 is 10.1 Å². The number of hydrogen-bond donors (Lipinski definition) is 1. The predicted molar refractivity (Wildman–Crippen MR) is 99.4 cm³/mol. The molecule has 30 heavy (non-hydrogen) atoms. The fourth-order valence-electron chi connectivity index (χ4n) is 2.86. The molecule has 1 heterocycles. The van der Waals surface area contributed by atoms with Crippen molar-refractivity contribution < 1.29 is 31.5 Å². The fourth-order valence-corrected chi connectivity index (χ4v) is 2.97. The summed E-state index contributed by atoms with van der Waals surface area (Å²) in [5.74, 6) is -2.36. The Kier molecular flexibility index (Phi) is 6.64. The Bertz CT molecular complexity index is 926. The van der Waals surface area contributed by atoms with E-state index in [1.165, 1.54) is 12.1 Å². The number of nitrogens with zero attached hydrogens (tertiary/aromatic N) is 2. The zero-order chi connectivity index (χ0) is 21.9. The van der Waals surface area contributed by atoms with Gasteiger partial charge in [-0.15, -0.1) is 10.2 Å². The summed E-state index contributed by atoms with van der Waals surface area (Å²) in [6, 6.07) is 3.83. The highest BCUT2D eigenvalue weighted by Crippen LogP contribution is 2.49. The maximum Gasteiger partial charge on any atom is 0.391 e. The molecular formula is C19H18ClF4N3O3. The molecule has 0 radical (unpaired) electrons. The molecule has 11 heteroatoms. The summed E-state index contributed by atoms with van der Waals surface area (Å²) in [5.41, 5.74) is 0.446. The lowest BCUT2D eigenvalue weighted by Gasteiger charge is -2.34. The Morgan fingerprint density at radius 3 is 2.73 bits per heavy atom. The molecule has 0 aliphatic heterocycles. The van der Waals surface area contributed by atoms with E-state index in [1.54, 1.807) is 0 Å². The first-order valence-corrected chi connectivity index (χ1v) is 9.44. The molecule has 1 amide bonds. The van der Waals surface area contributed by atoms with Crippen molar-refractivity contribution in [1.29, 1.82) is 0 Å². The molecule has 0 unspecified atom stereocenters. The van der Waals surface area contributed by atoms with Crippen LogP contribution in [0.4, 0.5) is 17.6 Å². The van der Waals surface area contributed by atoms with E-state index in [1.807, 2.05) is 0 Å². The molecule has 162 valence electrons. The first kappa shape index (κ1) is 22.1. The largest absolute Gasteiger partial charge is 0.484 e. The van der Waals surface area contributed by atoms with Gasteiger partial charge >= 0.3 is 6.18 Å². The van der Waals surface area contributed by atoms with Crippen LogP contribution in [-0.4, -0.2) is 35.4 Å². The number of benzene rings is 1. The van der Waals surface area contributed by atoms with E-state index in [0.717, 1.165) is 6.07 Å². The molecule has 2 aromatic rings. The number of aromatic nitrogens is 2. The van der Waals surface area contributed by atoms with Gasteiger partial charge in [0.2, 0.25) is 11.8 Å². The number of ether oxygens (including phenoxy) is 1. The van der Waals surface area contributed by atoms with Crippen LogP contribution >= 0.6 is 11.6 Å². The van der Waals surface area contributed by atoms with Gasteiger partial charge in [0.25, 0.3) is 5.91 Å². The van der Waals surface area contributed by atoms with E-state index < -0.39 is 29.7 Å². The number of carbonyl (C=O) groups is 1. The molecule has 0 spiro atoms. The zero-order valence-electron chi connectivity index (χ0n) is 15.6. The first-order chi connectivity index (χ1) is 14.1. The third kappa shape index (κ3) is 5.50. The van der Waals surface area contributed by atoms with Crippen molar-refractivity contribution in [3.63, 3.8) is 0 Å². The Morgan fingerprint density at radius 1 is 1.33 bits per heavy atom. The van der Waals surface area contributed by atoms with Gasteiger partial charge in [0.1, 0.15) is 11.6 Å². The van der Waals surface area contributed by atoms with Crippen molar-refractivity contribution >= 4 is 23.1 Å². The first-order valence-electron chi connectivity index (χ1n) is 9.06. The average molecular weight is 448 g/mol. The topological polar surface area (TPSA) is 77.2 Å². The quantitative estimate of drug-likeness (QED) is 0.602. The Hall–Kier alpha value is -2.62. The van der Waals surface area contributed by atoms with Crippen LogP contribution in [0.5, 0.6) is 5.75 Å². The molecule has 1 saturated carbocycles. The average Bonchev–Trinajstić information content (AvgIpc) is 3.10. The van der Waals surface area contributed by atoms with Crippen LogP contribution in [0.25, 0.3) is 5.57 Å². The van der Waals surface area contributed by atoms with E-state index >= 15 is 0 Å². The number of carbonyl (C=O) groups excluding carboxylic acids is 1. The second-order valence-corrected chi connectivity index (χ2v) is 7.33. The number of amides is 1. The number of hydrogen-bond acceptors (Lipinski definition) is 5. The standard InChI is InChI=1S/C19H18ClF4N3O3/c1-10(17-26-27-18(30-17)11-6-12(7-11)19(22,23)24)4-5-25-16(28)9-29-13-2-3-14(20)15(21)8-13/h2-3,8,11-12H,1,4-7,9H2,(H,25,28). The minimum absolute atomic E-state index is 0.0491. The lowest BCUT2D eigenvalue weighted by molar-refractivity contribution is -0.198. The second kappa shape index (κ2) is 9.03. The molecule has 1 aliphatic carbocycles. The monoisotopic (exact) mass is 447 g/mol. The van der Waals surface area contributed by atoms with Crippen LogP contribution in [0.15, 0.2) is 29.2 Å². The lowest BCUT2D eigenvalue weighted by Crippen LogP contribution is -2.34. The van der Waals surface area contributed by atoms with E-state index in [-0.39, 0.29) is 48.5 Å². The SMILES string of the molecule is C=C(CCNC(=O)COc1ccc(Cl)c(F)c1)c1nnc(C2CC(C(F)(F)F)C2)o1. The summed E-state index contributed by atoms with van der Waals surface area (Å²) in [5, 5.41) is 10.2. The van der Waals surface area contributed by atoms with E-state index in [2.05, 4.69) is 22.1 Å². The number of alkyl halides is 3. The van der Waals surface area contributed by atoms with Crippen molar-refractivity contribution in [2.45, 2.75) is 31.4 Å². The third-order valence-corrected chi connectivity index (χ3v) is 5.01. The van der Waals surface area contributed by atoms with Gasteiger partial charge in [-0.25, -0.2) is 4.39 Å². The van der Waals surface area contributed by atoms with Gasteiger partial charge in [0.05, 0.1) is 10.9 Å². The van der Waals surface area contributed by atoms with Gasteiger partial charge in [-0.2, -0.15) is 13.2 Å². The summed E-state index contributed by atoms with van der Waals surface area (Å²) in [6.07, 6.45) is -4.04. The molecular weight excluding hydrogens is 430 g/mol. The van der Waals surface area contributed by atoms with Crippen molar-refractivity contribution in [1.82, 2.24) is 15.5 Å². The molecule has 1 aliphatic rings. The predicted octanol–water partition coefficient (Wildman–Crippen LogP) is 4.52. The normalized spacial score (nSPS) is 18.6. The Labute approximate surface area is 174 Å². The van der Waals surface area contributed by atoms with Crippen LogP contribution in [0, 0.1) is 11.7 Å². The zero-order valence-corrected chi connectivity index (χ0v) is 16.4. The van der Waals surface area contributed by atoms with Crippen molar-refractivity contribution in [2.75, 3.05) is 13.2 Å². The van der Waals surface area contributed by atoms with Gasteiger partial charge in [-0.05, 0) is 31.4 Å². The van der Waals surface area contributed by atoms with Gasteiger partial charge in [0.15, 0.2) is 6.61 Å². The maximum absolute atomic E-state index is 13.3. The van der Waals surface area contributed by atoms with E-state index in [4.69, 9.17) is 20.8 Å². The fraction of sp³-hybridized carbons (Fsp3) is 0.421. The molecule has 3 rings (SSSR count). The van der Waals surface area contributed by atoms with Crippen LogP contribution in [-0.2, 0) is 4.79 Å². The number of halogens is 5. The number of rotatable bonds is 8. The van der Waals surface area contributed by atoms with Crippen molar-refractivity contribution in [3.8, 4) is 5.75 Å². The summed E-state index contributed by atoms with van der Waals surface area (Å²) < 4.78 is 61.6. The third-order valence-electron chi connectivity index (χ3n) is 4.70. The van der Waals surface area contributed by atoms with Gasteiger partial charge in [-0.1, -0.05) is 18.2 Å². The summed E-state index contributed by atoms with van der Waals surface area (Å²) in [7, 11) is 0. The van der Waals surface area contributed by atoms with Crippen molar-refractivity contribution in [3.05, 3.63) is 47.4 Å². The highest BCUT2D eigenvalue weighted by atomic mass is 35.5. The minimum Gasteiger partial charge on any atom is -0.484 e. The van der Waals surface area contributed by atoms with Gasteiger partial charge < -0.3 is 14.5 Å². The van der Waals surface area contributed by atoms with Crippen LogP contribution in [0.2, 0.25) is 5.02 Å². The van der Waals surface area contributed by atoms with Crippen molar-refractivity contribution in [2.24, 2.45) is 5.92 Å². The van der Waals surface area contributed by atoms with Gasteiger partial charge in [0, 0.05) is 24.1 Å². The molecule has 1 aromatic carbocycles. The van der Waals surface area contributed by atoms with Crippen LogP contribution in [0.3, 0.4) is 0 Å². The minimum atomic E-state index is -4.20. The summed E-state index contributed by atoms with van der Waals surface area (Å²) >= 11 is 5.57. The summed E-state index contributed by atoms with van der Waals surface area (Å²) in [4.78, 5) is 11.8. The second-order valence-electron chi connectivity index (χ2n) is 6.92. The van der Waals surface area contributed by atoms with E-state index in [0.29, 0.717) is 12.0 Å². The lowest BCUT2D eigenvalue weighted by atomic mass is 9.74. The molecule has 0 atom stereocenters. The van der Waals surface area contributed by atoms with E-state index in [9.17, 15) is 22.4 Å². The molecule has 6 nitrogen and oxygen atoms in total. The van der Waals surface area contributed by atoms with Crippen LogP contribution in [0.1, 0.15) is 37.0 Å². The molecule has 0 saturated heterocycles. The maximum atomic E-state index is 13.3. The highest BCUT2D eigenvalue weighted by Gasteiger charge is 2.49. The smallest absolute Gasteiger partial charge is 0.391 e. The Balaban J connectivity index is 1.38. The van der Waals surface area contributed by atoms with Gasteiger partial charge in [-0.3, -0.25) is 4.79 Å². The molecule has 1 fully saturated rings.